The maximum atomic E-state index is 13.5. The molecule has 0 spiro atoms. The van der Waals surface area contributed by atoms with Gasteiger partial charge >= 0.3 is 5.76 Å². The predicted molar refractivity (Wildman–Crippen MR) is 137 cm³/mol. The molecule has 0 radical (unpaired) electrons. The number of hydrogen-bond acceptors (Lipinski definition) is 5. The number of hydrogen-bond donors (Lipinski definition) is 2. The Kier molecular flexibility index (Phi) is 6.52. The largest absolute Gasteiger partial charge is 0.420 e. The van der Waals surface area contributed by atoms with Crippen LogP contribution in [0.1, 0.15) is 36.6 Å². The molecule has 2 unspecified atom stereocenters. The second-order valence-electron chi connectivity index (χ2n) is 8.31. The highest BCUT2D eigenvalue weighted by atomic mass is 32.2. The first-order valence-corrected chi connectivity index (χ1v) is 12.6. The number of rotatable bonds is 5. The van der Waals surface area contributed by atoms with Gasteiger partial charge in [-0.05, 0) is 68.1 Å². The summed E-state index contributed by atoms with van der Waals surface area (Å²) in [6.07, 6.45) is 0. The van der Waals surface area contributed by atoms with Crippen LogP contribution in [0, 0.1) is 24.7 Å². The molecular weight excluding hydrogens is 467 g/mol. The van der Waals surface area contributed by atoms with Gasteiger partial charge in [0.25, 0.3) is 0 Å². The minimum Gasteiger partial charge on any atom is -0.408 e. The van der Waals surface area contributed by atoms with Gasteiger partial charge in [-0.1, -0.05) is 30.0 Å². The minimum absolute atomic E-state index is 0.0872. The molecule has 0 aliphatic carbocycles. The summed E-state index contributed by atoms with van der Waals surface area (Å²) in [5, 5.41) is 0. The normalized spacial score (nSPS) is 14.5. The summed E-state index contributed by atoms with van der Waals surface area (Å²) in [5.41, 5.74) is 8.82. The summed E-state index contributed by atoms with van der Waals surface area (Å²) < 4.78 is 36.6. The van der Waals surface area contributed by atoms with E-state index in [1.807, 2.05) is 38.1 Å². The number of nitrogens with one attached hydrogen (secondary N) is 1. The van der Waals surface area contributed by atoms with Crippen LogP contribution in [-0.4, -0.2) is 25.7 Å². The van der Waals surface area contributed by atoms with Crippen molar-refractivity contribution in [3.8, 4) is 11.8 Å². The Balaban J connectivity index is 1.74. The van der Waals surface area contributed by atoms with Crippen molar-refractivity contribution in [2.24, 2.45) is 5.73 Å². The summed E-state index contributed by atoms with van der Waals surface area (Å²) in [6, 6.07) is 14.4. The van der Waals surface area contributed by atoms with Gasteiger partial charge in [0, 0.05) is 11.6 Å². The molecule has 7 nitrogen and oxygen atoms in total. The van der Waals surface area contributed by atoms with Gasteiger partial charge in [-0.3, -0.25) is 9.29 Å². The third kappa shape index (κ3) is 5.14. The second-order valence-corrected chi connectivity index (χ2v) is 10.3. The zero-order valence-corrected chi connectivity index (χ0v) is 20.4. The summed E-state index contributed by atoms with van der Waals surface area (Å²) in [7, 11) is -3.12. The monoisotopic (exact) mass is 492 g/mol. The first-order chi connectivity index (χ1) is 16.5. The van der Waals surface area contributed by atoms with Crippen molar-refractivity contribution < 1.29 is 13.0 Å². The molecule has 0 saturated heterocycles. The standard InChI is InChI=1S/C26H25FN4O3S/c1-16-13-21-22(15-23(16)35(4,33)30-25-10-6-9-24(27)29-25)34-26(32)31(21)18(3)20-8-5-7-19(14-20)12-11-17(2)28/h5-10,13-15,17-18H,4,28H2,1-3H3,(H,29,30,33)/t17?,18-,35?/m1/s1. The zero-order valence-electron chi connectivity index (χ0n) is 19.5. The van der Waals surface area contributed by atoms with Crippen LogP contribution in [0.3, 0.4) is 0 Å². The van der Waals surface area contributed by atoms with Gasteiger partial charge in [0.1, 0.15) is 5.82 Å². The summed E-state index contributed by atoms with van der Waals surface area (Å²) in [6.45, 7) is 5.46. The number of aryl methyl sites for hydroxylation is 1. The van der Waals surface area contributed by atoms with Gasteiger partial charge in [0.2, 0.25) is 5.95 Å². The number of halogens is 1. The lowest BCUT2D eigenvalue weighted by molar-refractivity contribution is 0.489. The van der Waals surface area contributed by atoms with Crippen LogP contribution in [0.2, 0.25) is 0 Å². The predicted octanol–water partition coefficient (Wildman–Crippen LogP) is 3.85. The van der Waals surface area contributed by atoms with E-state index in [1.54, 1.807) is 13.0 Å². The third-order valence-electron chi connectivity index (χ3n) is 5.45. The van der Waals surface area contributed by atoms with Crippen LogP contribution in [-0.2, 0) is 9.71 Å². The highest BCUT2D eigenvalue weighted by Crippen LogP contribution is 2.28. The van der Waals surface area contributed by atoms with Crippen molar-refractivity contribution >= 4 is 32.5 Å². The molecule has 0 amide bonds. The van der Waals surface area contributed by atoms with E-state index in [2.05, 4.69) is 27.4 Å². The van der Waals surface area contributed by atoms with E-state index < -0.39 is 21.4 Å². The Hall–Kier alpha value is -3.87. The van der Waals surface area contributed by atoms with Crippen molar-refractivity contribution in [1.29, 1.82) is 0 Å². The van der Waals surface area contributed by atoms with Crippen molar-refractivity contribution in [3.05, 3.63) is 87.8 Å². The zero-order chi connectivity index (χ0) is 25.3. The first-order valence-electron chi connectivity index (χ1n) is 10.9. The number of nitrogens with zero attached hydrogens (tertiary/aromatic N) is 2. The van der Waals surface area contributed by atoms with Crippen LogP contribution in [0.15, 0.2) is 68.7 Å². The Bertz CT molecular complexity index is 1640. The molecule has 2 aromatic carbocycles. The lowest BCUT2D eigenvalue weighted by Crippen LogP contribution is -2.19. The molecule has 35 heavy (non-hydrogen) atoms. The summed E-state index contributed by atoms with van der Waals surface area (Å²) >= 11 is 0. The van der Waals surface area contributed by atoms with Gasteiger partial charge in [-0.2, -0.15) is 4.39 Å². The minimum atomic E-state index is -3.12. The molecule has 0 fully saturated rings. The lowest BCUT2D eigenvalue weighted by Gasteiger charge is -2.16. The van der Waals surface area contributed by atoms with Crippen molar-refractivity contribution in [1.82, 2.24) is 9.55 Å². The number of aromatic nitrogens is 2. The van der Waals surface area contributed by atoms with E-state index in [1.165, 1.54) is 28.8 Å². The van der Waals surface area contributed by atoms with Gasteiger partial charge in [-0.25, -0.2) is 14.0 Å². The number of pyridine rings is 1. The van der Waals surface area contributed by atoms with Gasteiger partial charge in [-0.15, -0.1) is 0 Å². The smallest absolute Gasteiger partial charge is 0.408 e. The van der Waals surface area contributed by atoms with E-state index >= 15 is 0 Å². The van der Waals surface area contributed by atoms with Gasteiger partial charge < -0.3 is 10.2 Å². The number of nitrogens with two attached hydrogens (primary N) is 1. The molecule has 9 heteroatoms. The number of oxazole rings is 1. The van der Waals surface area contributed by atoms with E-state index in [0.717, 1.165) is 11.1 Å². The lowest BCUT2D eigenvalue weighted by atomic mass is 10.0. The van der Waals surface area contributed by atoms with Crippen LogP contribution < -0.4 is 16.2 Å². The average molecular weight is 493 g/mol. The number of anilines is 1. The average Bonchev–Trinajstić information content (AvgIpc) is 3.11. The summed E-state index contributed by atoms with van der Waals surface area (Å²) in [5.74, 6) is 8.58. The van der Waals surface area contributed by atoms with Crippen molar-refractivity contribution in [3.63, 3.8) is 0 Å². The number of benzene rings is 2. The molecule has 0 aliphatic rings. The van der Waals surface area contributed by atoms with Crippen molar-refractivity contribution in [2.45, 2.75) is 37.8 Å². The molecule has 4 aromatic rings. The molecule has 3 N–H and O–H groups in total. The highest BCUT2D eigenvalue weighted by Gasteiger charge is 2.21. The van der Waals surface area contributed by atoms with Crippen molar-refractivity contribution in [2.75, 3.05) is 4.72 Å². The molecular formula is C26H25FN4O3S. The number of fused-ring (bicyclic) bond motifs is 1. The Morgan fingerprint density at radius 2 is 1.94 bits per heavy atom. The Morgan fingerprint density at radius 1 is 1.20 bits per heavy atom. The topological polar surface area (TPSA) is 103 Å². The second kappa shape index (κ2) is 9.41. The van der Waals surface area contributed by atoms with Crippen LogP contribution in [0.4, 0.5) is 10.2 Å². The van der Waals surface area contributed by atoms with Gasteiger partial charge in [0.15, 0.2) is 5.58 Å². The third-order valence-corrected chi connectivity index (χ3v) is 7.14. The Morgan fingerprint density at radius 3 is 2.66 bits per heavy atom. The molecule has 3 atom stereocenters. The molecule has 0 aliphatic heterocycles. The van der Waals surface area contributed by atoms with Crippen LogP contribution >= 0.6 is 0 Å². The van der Waals surface area contributed by atoms with E-state index in [9.17, 15) is 13.4 Å². The molecule has 2 aromatic heterocycles. The first kappa shape index (κ1) is 24.3. The summed E-state index contributed by atoms with van der Waals surface area (Å²) in [4.78, 5) is 16.9. The Labute approximate surface area is 202 Å². The van der Waals surface area contributed by atoms with E-state index in [4.69, 9.17) is 10.2 Å². The van der Waals surface area contributed by atoms with E-state index in [0.29, 0.717) is 16.0 Å². The molecule has 4 rings (SSSR count). The van der Waals surface area contributed by atoms with Crippen LogP contribution in [0.25, 0.3) is 11.1 Å². The van der Waals surface area contributed by atoms with Crippen LogP contribution in [0.5, 0.6) is 0 Å². The van der Waals surface area contributed by atoms with Gasteiger partial charge in [0.05, 0.1) is 32.2 Å². The SMILES string of the molecule is C=S(=O)(Nc1cccc(F)n1)c1cc2oc(=O)n([C@H](C)c3cccc(C#CC(C)N)c3)c2cc1C. The maximum absolute atomic E-state index is 13.5. The molecule has 0 saturated carbocycles. The fourth-order valence-electron chi connectivity index (χ4n) is 3.80. The maximum Gasteiger partial charge on any atom is 0.420 e. The molecule has 2 heterocycles. The quantitative estimate of drug-likeness (QED) is 0.250. The van der Waals surface area contributed by atoms with E-state index in [-0.39, 0.29) is 23.5 Å². The fraction of sp³-hybridized carbons (Fsp3) is 0.192. The highest BCUT2D eigenvalue weighted by molar-refractivity contribution is 8.01. The molecule has 0 bridgehead atoms. The molecule has 180 valence electrons. The fourth-order valence-corrected chi connectivity index (χ4v) is 5.24.